The Balaban J connectivity index is 2.10. The maximum Gasteiger partial charge on any atom is 0.314 e. The van der Waals surface area contributed by atoms with Crippen LogP contribution in [0.2, 0.25) is 10.0 Å². The van der Waals surface area contributed by atoms with E-state index in [9.17, 15) is 18.3 Å². The molecule has 0 aliphatic carbocycles. The Morgan fingerprint density at radius 1 is 1.09 bits per heavy atom. The zero-order valence-corrected chi connectivity index (χ0v) is 20.0. The number of hydrogen-bond acceptors (Lipinski definition) is 6. The first-order valence-electron chi connectivity index (χ1n) is 9.60. The van der Waals surface area contributed by atoms with Gasteiger partial charge in [-0.05, 0) is 49.7 Å². The van der Waals surface area contributed by atoms with E-state index in [0.29, 0.717) is 21.8 Å². The van der Waals surface area contributed by atoms with Crippen LogP contribution >= 0.6 is 23.2 Å². The Morgan fingerprint density at radius 3 is 2.31 bits per heavy atom. The average molecular weight is 497 g/mol. The molecule has 0 aliphatic rings. The van der Waals surface area contributed by atoms with Crippen LogP contribution < -0.4 is 10.3 Å². The molecule has 0 saturated heterocycles. The topological polar surface area (TPSA) is 98.5 Å². The third kappa shape index (κ3) is 5.69. The van der Waals surface area contributed by atoms with Gasteiger partial charge in [0.05, 0.1) is 39.0 Å². The molecule has 10 heteroatoms. The van der Waals surface area contributed by atoms with Gasteiger partial charge < -0.3 is 9.84 Å². The lowest BCUT2D eigenvalue weighted by molar-refractivity contribution is 0.0551. The minimum absolute atomic E-state index is 0.0161. The molecular weight excluding hydrogens is 475 g/mol. The second kappa shape index (κ2) is 9.23. The monoisotopic (exact) mass is 496 g/mol. The van der Waals surface area contributed by atoms with Gasteiger partial charge in [0, 0.05) is 18.2 Å². The summed E-state index contributed by atoms with van der Waals surface area (Å²) in [5.41, 5.74) is -0.171. The fourth-order valence-electron chi connectivity index (χ4n) is 2.87. The van der Waals surface area contributed by atoms with Crippen molar-refractivity contribution in [2.24, 2.45) is 0 Å². The van der Waals surface area contributed by atoms with Gasteiger partial charge in [-0.1, -0.05) is 35.3 Å². The number of rotatable bonds is 7. The van der Waals surface area contributed by atoms with Crippen LogP contribution in [0, 0.1) is 0 Å². The van der Waals surface area contributed by atoms with Crippen LogP contribution in [0.4, 0.5) is 0 Å². The van der Waals surface area contributed by atoms with Crippen molar-refractivity contribution in [2.75, 3.05) is 12.9 Å². The number of halogens is 2. The predicted molar refractivity (Wildman–Crippen MR) is 125 cm³/mol. The molecule has 1 N–H and O–H groups in total. The predicted octanol–water partition coefficient (Wildman–Crippen LogP) is 4.15. The van der Waals surface area contributed by atoms with Gasteiger partial charge in [-0.15, -0.1) is 0 Å². The summed E-state index contributed by atoms with van der Waals surface area (Å²) in [5.74, 6) is 0.0161. The van der Waals surface area contributed by atoms with E-state index >= 15 is 0 Å². The minimum Gasteiger partial charge on any atom is -0.487 e. The zero-order chi connectivity index (χ0) is 23.7. The van der Waals surface area contributed by atoms with E-state index in [0.717, 1.165) is 10.9 Å². The fraction of sp³-hybridized carbons (Fsp3) is 0.273. The molecule has 0 aliphatic heterocycles. The molecule has 32 heavy (non-hydrogen) atoms. The highest BCUT2D eigenvalue weighted by atomic mass is 35.5. The van der Waals surface area contributed by atoms with E-state index in [1.165, 1.54) is 24.4 Å². The third-order valence-electron chi connectivity index (χ3n) is 4.64. The highest BCUT2D eigenvalue weighted by molar-refractivity contribution is 7.90. The first-order chi connectivity index (χ1) is 14.9. The van der Waals surface area contributed by atoms with Crippen molar-refractivity contribution in [2.45, 2.75) is 30.8 Å². The molecular formula is C22H22Cl2N2O5S. The van der Waals surface area contributed by atoms with Gasteiger partial charge in [0.2, 0.25) is 0 Å². The summed E-state index contributed by atoms with van der Waals surface area (Å²) in [6.07, 6.45) is 2.86. The van der Waals surface area contributed by atoms with Gasteiger partial charge in [-0.3, -0.25) is 4.79 Å². The molecule has 0 amide bonds. The van der Waals surface area contributed by atoms with E-state index in [1.54, 1.807) is 38.1 Å². The molecule has 3 rings (SSSR count). The molecule has 0 fully saturated rings. The lowest BCUT2D eigenvalue weighted by atomic mass is 10.1. The Kier molecular flexibility index (Phi) is 7.00. The Bertz CT molecular complexity index is 1300. The highest BCUT2D eigenvalue weighted by Gasteiger charge is 2.19. The number of hydrogen-bond donors (Lipinski definition) is 1. The molecule has 0 unspecified atom stereocenters. The van der Waals surface area contributed by atoms with Crippen LogP contribution in [0.1, 0.15) is 20.3 Å². The van der Waals surface area contributed by atoms with Crippen LogP contribution in [0.3, 0.4) is 0 Å². The Morgan fingerprint density at radius 2 is 1.75 bits per heavy atom. The second-order valence-electron chi connectivity index (χ2n) is 7.91. The quantitative estimate of drug-likeness (QED) is 0.527. The summed E-state index contributed by atoms with van der Waals surface area (Å²) in [4.78, 5) is 13.4. The molecule has 3 aromatic rings. The zero-order valence-electron chi connectivity index (χ0n) is 17.7. The van der Waals surface area contributed by atoms with E-state index in [2.05, 4.69) is 5.10 Å². The molecule has 1 heterocycles. The normalized spacial score (nSPS) is 12.1. The van der Waals surface area contributed by atoms with Gasteiger partial charge in [0.1, 0.15) is 0 Å². The van der Waals surface area contributed by atoms with E-state index < -0.39 is 21.0 Å². The molecule has 0 atom stereocenters. The van der Waals surface area contributed by atoms with Crippen LogP contribution in [0.15, 0.2) is 58.4 Å². The number of benzene rings is 2. The molecule has 7 nitrogen and oxygen atoms in total. The van der Waals surface area contributed by atoms with E-state index in [-0.39, 0.29) is 28.7 Å². The summed E-state index contributed by atoms with van der Waals surface area (Å²) < 4.78 is 30.4. The number of aliphatic hydroxyl groups is 1. The van der Waals surface area contributed by atoms with Crippen molar-refractivity contribution in [3.8, 4) is 22.6 Å². The maximum atomic E-state index is 13.3. The molecule has 0 saturated carbocycles. The maximum absolute atomic E-state index is 13.3. The summed E-state index contributed by atoms with van der Waals surface area (Å²) in [5, 5.41) is 14.8. The van der Waals surface area contributed by atoms with Gasteiger partial charge >= 0.3 is 5.56 Å². The largest absolute Gasteiger partial charge is 0.487 e. The van der Waals surface area contributed by atoms with Crippen molar-refractivity contribution in [1.82, 2.24) is 9.78 Å². The lowest BCUT2D eigenvalue weighted by Gasteiger charge is -2.18. The smallest absolute Gasteiger partial charge is 0.314 e. The average Bonchev–Trinajstić information content (AvgIpc) is 2.70. The van der Waals surface area contributed by atoms with Crippen molar-refractivity contribution in [3.63, 3.8) is 0 Å². The van der Waals surface area contributed by atoms with Crippen molar-refractivity contribution in [1.29, 1.82) is 0 Å². The van der Waals surface area contributed by atoms with Crippen molar-refractivity contribution in [3.05, 3.63) is 69.1 Å². The van der Waals surface area contributed by atoms with E-state index in [4.69, 9.17) is 27.9 Å². The fourth-order valence-corrected chi connectivity index (χ4v) is 3.79. The second-order valence-corrected chi connectivity index (χ2v) is 10.7. The third-order valence-corrected chi connectivity index (χ3v) is 6.50. The number of ether oxygens (including phenoxy) is 1. The van der Waals surface area contributed by atoms with Gasteiger partial charge in [0.25, 0.3) is 0 Å². The SMILES string of the molecule is CC(C)(O)CCOc1c(-c2ccc(S(C)(=O)=O)cc2)cnn(-c2ccc(Cl)c(Cl)c2)c1=O. The minimum atomic E-state index is -3.36. The first kappa shape index (κ1) is 24.3. The van der Waals surface area contributed by atoms with Crippen LogP contribution in [0.25, 0.3) is 16.8 Å². The summed E-state index contributed by atoms with van der Waals surface area (Å²) in [6, 6.07) is 10.7. The first-order valence-corrected chi connectivity index (χ1v) is 12.2. The molecule has 2 aromatic carbocycles. The van der Waals surface area contributed by atoms with E-state index in [1.807, 2.05) is 0 Å². The van der Waals surface area contributed by atoms with Crippen LogP contribution in [-0.4, -0.2) is 41.8 Å². The van der Waals surface area contributed by atoms with Gasteiger partial charge in [0.15, 0.2) is 15.6 Å². The Hall–Kier alpha value is -2.39. The summed E-state index contributed by atoms with van der Waals surface area (Å²) >= 11 is 12.1. The number of nitrogens with zero attached hydrogens (tertiary/aromatic N) is 2. The molecule has 0 radical (unpaired) electrons. The molecule has 0 bridgehead atoms. The van der Waals surface area contributed by atoms with Crippen LogP contribution in [0.5, 0.6) is 5.75 Å². The van der Waals surface area contributed by atoms with Gasteiger partial charge in [-0.25, -0.2) is 8.42 Å². The van der Waals surface area contributed by atoms with Crippen LogP contribution in [-0.2, 0) is 9.84 Å². The number of sulfone groups is 1. The molecule has 170 valence electrons. The highest BCUT2D eigenvalue weighted by Crippen LogP contribution is 2.29. The summed E-state index contributed by atoms with van der Waals surface area (Å²) in [6.45, 7) is 3.36. The number of aromatic nitrogens is 2. The standard InChI is InChI=1S/C22H22Cl2N2O5S/c1-22(2,28)10-11-31-20-17(14-4-7-16(8-5-14)32(3,29)30)13-25-26(21(20)27)15-6-9-18(23)19(24)12-15/h4-9,12-13,28H,10-11H2,1-3H3. The summed E-state index contributed by atoms with van der Waals surface area (Å²) in [7, 11) is -3.36. The lowest BCUT2D eigenvalue weighted by Crippen LogP contribution is -2.26. The Labute approximate surface area is 196 Å². The van der Waals surface area contributed by atoms with Gasteiger partial charge in [-0.2, -0.15) is 9.78 Å². The van der Waals surface area contributed by atoms with Crippen molar-refractivity contribution >= 4 is 33.0 Å². The van der Waals surface area contributed by atoms with Crippen molar-refractivity contribution < 1.29 is 18.3 Å². The molecule has 1 aromatic heterocycles. The molecule has 0 spiro atoms.